The second kappa shape index (κ2) is 8.80. The Kier molecular flexibility index (Phi) is 6.42. The van der Waals surface area contributed by atoms with Crippen molar-refractivity contribution >= 4 is 15.9 Å². The van der Waals surface area contributed by atoms with Gasteiger partial charge in [-0.15, -0.1) is 0 Å². The number of nitrogens with one attached hydrogen (secondary N) is 1. The minimum atomic E-state index is -3.57. The van der Waals surface area contributed by atoms with E-state index in [1.165, 1.54) is 33.4 Å². The second-order valence-corrected chi connectivity index (χ2v) is 8.89. The largest absolute Gasteiger partial charge is 0.379 e. The number of amides is 1. The number of aromatic nitrogens is 3. The summed E-state index contributed by atoms with van der Waals surface area (Å²) in [6.45, 7) is 5.92. The molecule has 1 aliphatic heterocycles. The number of benzene rings is 1. The Hall–Kier alpha value is -2.30. The topological polar surface area (TPSA) is 106 Å². The van der Waals surface area contributed by atoms with Crippen molar-refractivity contribution in [1.82, 2.24) is 24.6 Å². The van der Waals surface area contributed by atoms with Crippen molar-refractivity contribution in [3.05, 3.63) is 42.2 Å². The fraction of sp³-hybridized carbons (Fsp3) is 0.500. The lowest BCUT2D eigenvalue weighted by Crippen LogP contribution is -2.42. The van der Waals surface area contributed by atoms with Crippen LogP contribution in [-0.2, 0) is 21.3 Å². The third kappa shape index (κ3) is 4.75. The Morgan fingerprint density at radius 2 is 1.75 bits per heavy atom. The van der Waals surface area contributed by atoms with E-state index in [0.29, 0.717) is 38.4 Å². The molecule has 1 aromatic heterocycles. The van der Waals surface area contributed by atoms with Gasteiger partial charge < -0.3 is 10.1 Å². The summed E-state index contributed by atoms with van der Waals surface area (Å²) in [4.78, 5) is 14.3. The molecule has 2 heterocycles. The van der Waals surface area contributed by atoms with Crippen LogP contribution in [0.3, 0.4) is 0 Å². The van der Waals surface area contributed by atoms with Crippen LogP contribution in [0, 0.1) is 5.92 Å². The van der Waals surface area contributed by atoms with Gasteiger partial charge in [-0.05, 0) is 30.2 Å². The number of nitrogens with zero attached hydrogens (tertiary/aromatic N) is 4. The number of rotatable bonds is 7. The summed E-state index contributed by atoms with van der Waals surface area (Å²) in [6, 6.07) is 5.85. The molecule has 1 unspecified atom stereocenters. The molecule has 1 atom stereocenters. The van der Waals surface area contributed by atoms with Crippen LogP contribution in [0.5, 0.6) is 0 Å². The van der Waals surface area contributed by atoms with Gasteiger partial charge >= 0.3 is 0 Å². The molecule has 1 fully saturated rings. The summed E-state index contributed by atoms with van der Waals surface area (Å²) in [5.41, 5.74) is 0.403. The van der Waals surface area contributed by atoms with Gasteiger partial charge in [0, 0.05) is 18.7 Å². The predicted molar refractivity (Wildman–Crippen MR) is 102 cm³/mol. The summed E-state index contributed by atoms with van der Waals surface area (Å²) in [6.07, 6.45) is 3.18. The number of sulfonamides is 1. The molecule has 10 heteroatoms. The van der Waals surface area contributed by atoms with Crippen molar-refractivity contribution in [2.75, 3.05) is 26.3 Å². The van der Waals surface area contributed by atoms with Crippen molar-refractivity contribution in [3.8, 4) is 0 Å². The van der Waals surface area contributed by atoms with Crippen LogP contribution < -0.4 is 5.32 Å². The summed E-state index contributed by atoms with van der Waals surface area (Å²) < 4.78 is 31.9. The number of carbonyl (C=O) groups is 1. The maximum absolute atomic E-state index is 12.7. The summed E-state index contributed by atoms with van der Waals surface area (Å²) in [7, 11) is -3.57. The summed E-state index contributed by atoms with van der Waals surface area (Å²) >= 11 is 0. The molecule has 2 aromatic rings. The van der Waals surface area contributed by atoms with Gasteiger partial charge in [-0.3, -0.25) is 4.79 Å². The highest BCUT2D eigenvalue weighted by Crippen LogP contribution is 2.18. The molecule has 1 aromatic carbocycles. The number of ether oxygens (including phenoxy) is 1. The smallest absolute Gasteiger partial charge is 0.251 e. The van der Waals surface area contributed by atoms with Crippen molar-refractivity contribution in [3.63, 3.8) is 0 Å². The molecular weight excluding hydrogens is 382 g/mol. The van der Waals surface area contributed by atoms with Gasteiger partial charge in [0.25, 0.3) is 5.91 Å². The van der Waals surface area contributed by atoms with E-state index in [1.54, 1.807) is 12.4 Å². The number of hydrogen-bond acceptors (Lipinski definition) is 6. The molecule has 0 spiro atoms. The standard InChI is InChI=1S/C18H25N5O4S/c1-14(2)17(13-23-19-7-8-20-23)21-18(24)15-3-5-16(6-4-15)28(25,26)22-9-11-27-12-10-22/h3-8,14,17H,9-13H2,1-2H3,(H,21,24). The van der Waals surface area contributed by atoms with E-state index in [-0.39, 0.29) is 22.8 Å². The predicted octanol–water partition coefficient (Wildman–Crippen LogP) is 0.754. The van der Waals surface area contributed by atoms with Crippen molar-refractivity contribution in [1.29, 1.82) is 0 Å². The fourth-order valence-electron chi connectivity index (χ4n) is 2.90. The Bertz CT molecular complexity index is 875. The first kappa shape index (κ1) is 20.4. The lowest BCUT2D eigenvalue weighted by molar-refractivity contribution is 0.0730. The SMILES string of the molecule is CC(C)C(Cn1nccn1)NC(=O)c1ccc(S(=O)(=O)N2CCOCC2)cc1. The average Bonchev–Trinajstić information content (AvgIpc) is 3.21. The number of morpholine rings is 1. The minimum Gasteiger partial charge on any atom is -0.379 e. The van der Waals surface area contributed by atoms with Gasteiger partial charge in [-0.1, -0.05) is 13.8 Å². The van der Waals surface area contributed by atoms with Crippen LogP contribution in [0.25, 0.3) is 0 Å². The highest BCUT2D eigenvalue weighted by molar-refractivity contribution is 7.89. The zero-order chi connectivity index (χ0) is 20.1. The first-order valence-corrected chi connectivity index (χ1v) is 10.6. The maximum Gasteiger partial charge on any atom is 0.251 e. The summed E-state index contributed by atoms with van der Waals surface area (Å²) in [5.74, 6) is -0.0860. The molecule has 9 nitrogen and oxygen atoms in total. The maximum atomic E-state index is 12.7. The Balaban J connectivity index is 1.68. The molecule has 3 rings (SSSR count). The molecular formula is C18H25N5O4S. The quantitative estimate of drug-likeness (QED) is 0.726. The zero-order valence-electron chi connectivity index (χ0n) is 16.0. The van der Waals surface area contributed by atoms with Gasteiger partial charge in [0.2, 0.25) is 10.0 Å². The van der Waals surface area contributed by atoms with E-state index in [0.717, 1.165) is 0 Å². The third-order valence-electron chi connectivity index (χ3n) is 4.67. The summed E-state index contributed by atoms with van der Waals surface area (Å²) in [5, 5.41) is 11.1. The van der Waals surface area contributed by atoms with Gasteiger partial charge in [-0.25, -0.2) is 8.42 Å². The van der Waals surface area contributed by atoms with E-state index >= 15 is 0 Å². The average molecular weight is 407 g/mol. The van der Waals surface area contributed by atoms with Gasteiger partial charge in [0.05, 0.1) is 43.1 Å². The van der Waals surface area contributed by atoms with Crippen LogP contribution in [0.2, 0.25) is 0 Å². The molecule has 152 valence electrons. The first-order chi connectivity index (χ1) is 13.4. The second-order valence-electron chi connectivity index (χ2n) is 6.95. The molecule has 0 bridgehead atoms. The van der Waals surface area contributed by atoms with Crippen LogP contribution >= 0.6 is 0 Å². The van der Waals surface area contributed by atoms with E-state index in [1.807, 2.05) is 13.8 Å². The Morgan fingerprint density at radius 1 is 1.14 bits per heavy atom. The van der Waals surface area contributed by atoms with E-state index in [2.05, 4.69) is 15.5 Å². The number of carbonyl (C=O) groups excluding carboxylic acids is 1. The zero-order valence-corrected chi connectivity index (χ0v) is 16.8. The van der Waals surface area contributed by atoms with Crippen molar-refractivity contribution in [2.24, 2.45) is 5.92 Å². The van der Waals surface area contributed by atoms with Crippen LogP contribution in [0.15, 0.2) is 41.6 Å². The Morgan fingerprint density at radius 3 is 2.32 bits per heavy atom. The third-order valence-corrected chi connectivity index (χ3v) is 6.59. The van der Waals surface area contributed by atoms with Crippen LogP contribution in [-0.4, -0.2) is 66.0 Å². The van der Waals surface area contributed by atoms with Crippen molar-refractivity contribution in [2.45, 2.75) is 31.3 Å². The molecule has 1 aliphatic rings. The van der Waals surface area contributed by atoms with Gasteiger partial charge in [-0.2, -0.15) is 19.3 Å². The van der Waals surface area contributed by atoms with Crippen LogP contribution in [0.4, 0.5) is 0 Å². The molecule has 1 amide bonds. The van der Waals surface area contributed by atoms with Crippen LogP contribution in [0.1, 0.15) is 24.2 Å². The first-order valence-electron chi connectivity index (χ1n) is 9.21. The monoisotopic (exact) mass is 407 g/mol. The van der Waals surface area contributed by atoms with E-state index < -0.39 is 10.0 Å². The Labute approximate surface area is 164 Å². The highest BCUT2D eigenvalue weighted by atomic mass is 32.2. The van der Waals surface area contributed by atoms with Crippen molar-refractivity contribution < 1.29 is 17.9 Å². The minimum absolute atomic E-state index is 0.156. The molecule has 0 saturated carbocycles. The molecule has 1 N–H and O–H groups in total. The van der Waals surface area contributed by atoms with E-state index in [9.17, 15) is 13.2 Å². The normalized spacial score (nSPS) is 16.8. The lowest BCUT2D eigenvalue weighted by Gasteiger charge is -2.26. The molecule has 0 aliphatic carbocycles. The fourth-order valence-corrected chi connectivity index (χ4v) is 4.31. The highest BCUT2D eigenvalue weighted by Gasteiger charge is 2.26. The molecule has 0 radical (unpaired) electrons. The number of hydrogen-bond donors (Lipinski definition) is 1. The lowest BCUT2D eigenvalue weighted by atomic mass is 10.0. The molecule has 1 saturated heterocycles. The van der Waals surface area contributed by atoms with Gasteiger partial charge in [0.15, 0.2) is 0 Å². The molecule has 28 heavy (non-hydrogen) atoms. The van der Waals surface area contributed by atoms with Gasteiger partial charge in [0.1, 0.15) is 0 Å². The van der Waals surface area contributed by atoms with E-state index in [4.69, 9.17) is 4.74 Å².